The van der Waals surface area contributed by atoms with Crippen molar-refractivity contribution in [2.24, 2.45) is 11.0 Å². The highest BCUT2D eigenvalue weighted by Gasteiger charge is 2.44. The number of hydrazone groups is 1. The molecule has 3 aromatic rings. The summed E-state index contributed by atoms with van der Waals surface area (Å²) in [6, 6.07) is 14.7. The number of carbonyl (C=O) groups is 3. The summed E-state index contributed by atoms with van der Waals surface area (Å²) in [6.07, 6.45) is 2.01. The molecule has 8 heteroatoms. The van der Waals surface area contributed by atoms with Crippen LogP contribution in [0.3, 0.4) is 0 Å². The fourth-order valence-electron chi connectivity index (χ4n) is 3.97. The van der Waals surface area contributed by atoms with Crippen molar-refractivity contribution in [3.63, 3.8) is 0 Å². The molecular formula is C21H16N4O4. The molecule has 0 radical (unpaired) electrons. The number of carbonyl (C=O) groups excluding carboxylic acids is 2. The van der Waals surface area contributed by atoms with Crippen molar-refractivity contribution in [2.75, 3.05) is 5.43 Å². The Balaban J connectivity index is 1.56. The second-order valence-corrected chi connectivity index (χ2v) is 7.14. The van der Waals surface area contributed by atoms with Gasteiger partial charge in [0, 0.05) is 16.9 Å². The lowest BCUT2D eigenvalue weighted by atomic mass is 10.1. The Kier molecular flexibility index (Phi) is 3.73. The summed E-state index contributed by atoms with van der Waals surface area (Å²) in [7, 11) is 0. The second kappa shape index (κ2) is 6.30. The van der Waals surface area contributed by atoms with Crippen LogP contribution in [0.15, 0.2) is 53.6 Å². The Labute approximate surface area is 164 Å². The number of carboxylic acids is 1. The molecule has 5 rings (SSSR count). The van der Waals surface area contributed by atoms with E-state index >= 15 is 0 Å². The minimum Gasteiger partial charge on any atom is -0.476 e. The molecule has 3 N–H and O–H groups in total. The molecule has 0 saturated heterocycles. The topological polar surface area (TPSA) is 113 Å². The molecule has 1 aromatic heterocycles. The minimum atomic E-state index is -1.22. The molecule has 0 unspecified atom stereocenters. The smallest absolute Gasteiger partial charge is 0.355 e. The lowest BCUT2D eigenvalue weighted by Crippen LogP contribution is -2.28. The zero-order valence-electron chi connectivity index (χ0n) is 15.1. The highest BCUT2D eigenvalue weighted by Crippen LogP contribution is 2.47. The standard InChI is InChI=1S/C21H16N4O4/c26-19-12-7-4-8-16-17(12)15(10-22-23-19)18(21(28)29)25(16)24-20(27)14-9-13(14)11-5-2-1-3-6-11/h1-8,10,13-14H,9H2,(H,23,26)(H,24,27)(H,28,29)/t13-,14+/m0/s1. The molecule has 2 heterocycles. The van der Waals surface area contributed by atoms with Crippen LogP contribution in [0.4, 0.5) is 0 Å². The predicted molar refractivity (Wildman–Crippen MR) is 106 cm³/mol. The third-order valence-electron chi connectivity index (χ3n) is 5.42. The fraction of sp³-hybridized carbons (Fsp3) is 0.143. The lowest BCUT2D eigenvalue weighted by Gasteiger charge is -2.11. The van der Waals surface area contributed by atoms with E-state index in [1.54, 1.807) is 18.2 Å². The molecule has 2 atom stereocenters. The van der Waals surface area contributed by atoms with Gasteiger partial charge >= 0.3 is 5.97 Å². The highest BCUT2D eigenvalue weighted by molar-refractivity contribution is 6.18. The number of nitrogens with one attached hydrogen (secondary N) is 2. The van der Waals surface area contributed by atoms with Gasteiger partial charge in [0.15, 0.2) is 5.69 Å². The summed E-state index contributed by atoms with van der Waals surface area (Å²) in [4.78, 5) is 37.1. The van der Waals surface area contributed by atoms with Gasteiger partial charge in [-0.15, -0.1) is 0 Å². The number of aromatic nitrogens is 1. The Morgan fingerprint density at radius 2 is 1.93 bits per heavy atom. The van der Waals surface area contributed by atoms with Crippen molar-refractivity contribution >= 4 is 34.9 Å². The zero-order valence-corrected chi connectivity index (χ0v) is 15.1. The summed E-state index contributed by atoms with van der Waals surface area (Å²) in [5.74, 6) is -2.02. The van der Waals surface area contributed by atoms with Crippen LogP contribution >= 0.6 is 0 Å². The number of hydrogen-bond donors (Lipinski definition) is 3. The zero-order chi connectivity index (χ0) is 20.1. The van der Waals surface area contributed by atoms with Crippen molar-refractivity contribution in [3.8, 4) is 0 Å². The van der Waals surface area contributed by atoms with Crippen molar-refractivity contribution in [3.05, 3.63) is 70.9 Å². The van der Waals surface area contributed by atoms with Crippen LogP contribution in [0, 0.1) is 5.92 Å². The number of rotatable bonds is 4. The summed E-state index contributed by atoms with van der Waals surface area (Å²) >= 11 is 0. The van der Waals surface area contributed by atoms with Gasteiger partial charge in [0.05, 0.1) is 17.3 Å². The molecule has 0 bridgehead atoms. The maximum Gasteiger partial charge on any atom is 0.355 e. The number of carboxylic acid groups (broad SMARTS) is 1. The Bertz CT molecular complexity index is 1210. The molecule has 2 aliphatic rings. The quantitative estimate of drug-likeness (QED) is 0.636. The number of amides is 2. The van der Waals surface area contributed by atoms with Crippen molar-refractivity contribution < 1.29 is 19.5 Å². The minimum absolute atomic E-state index is 0.118. The SMILES string of the molecule is O=C1NN=Cc2c(C(=O)O)n(NC(=O)[C@@H]3C[C@H]3c3ccccc3)c3cccc1c23. The summed E-state index contributed by atoms with van der Waals surface area (Å²) in [6.45, 7) is 0. The van der Waals surface area contributed by atoms with Gasteiger partial charge in [0.25, 0.3) is 5.91 Å². The van der Waals surface area contributed by atoms with Gasteiger partial charge in [-0.05, 0) is 30.0 Å². The normalized spacial score (nSPS) is 19.5. The van der Waals surface area contributed by atoms with Gasteiger partial charge in [0.2, 0.25) is 5.91 Å². The lowest BCUT2D eigenvalue weighted by molar-refractivity contribution is -0.118. The largest absolute Gasteiger partial charge is 0.476 e. The van der Waals surface area contributed by atoms with Crippen molar-refractivity contribution in [2.45, 2.75) is 12.3 Å². The molecular weight excluding hydrogens is 372 g/mol. The Morgan fingerprint density at radius 1 is 1.14 bits per heavy atom. The average Bonchev–Trinajstić information content (AvgIpc) is 3.49. The molecule has 1 saturated carbocycles. The molecule has 0 spiro atoms. The van der Waals surface area contributed by atoms with Gasteiger partial charge in [-0.3, -0.25) is 15.0 Å². The maximum atomic E-state index is 12.9. The third-order valence-corrected chi connectivity index (χ3v) is 5.42. The van der Waals surface area contributed by atoms with Gasteiger partial charge in [0.1, 0.15) is 0 Å². The predicted octanol–water partition coefficient (Wildman–Crippen LogP) is 2.29. The van der Waals surface area contributed by atoms with E-state index in [4.69, 9.17) is 0 Å². The van der Waals surface area contributed by atoms with Gasteiger partial charge in [-0.2, -0.15) is 5.10 Å². The monoisotopic (exact) mass is 388 g/mol. The average molecular weight is 388 g/mol. The third kappa shape index (κ3) is 2.68. The first-order chi connectivity index (χ1) is 14.1. The summed E-state index contributed by atoms with van der Waals surface area (Å²) in [5.41, 5.74) is 7.06. The number of nitrogens with zero attached hydrogens (tertiary/aromatic N) is 2. The number of hydrogen-bond acceptors (Lipinski definition) is 4. The molecule has 1 aliphatic heterocycles. The Morgan fingerprint density at radius 3 is 2.69 bits per heavy atom. The van der Waals surface area contributed by atoms with Gasteiger partial charge in [-0.25, -0.2) is 14.9 Å². The maximum absolute atomic E-state index is 12.9. The number of benzene rings is 2. The molecule has 2 aromatic carbocycles. The highest BCUT2D eigenvalue weighted by atomic mass is 16.4. The summed E-state index contributed by atoms with van der Waals surface area (Å²) < 4.78 is 1.25. The molecule has 29 heavy (non-hydrogen) atoms. The van der Waals surface area contributed by atoms with E-state index in [-0.39, 0.29) is 29.0 Å². The molecule has 144 valence electrons. The van der Waals surface area contributed by atoms with Crippen LogP contribution in [0.5, 0.6) is 0 Å². The van der Waals surface area contributed by atoms with E-state index < -0.39 is 11.9 Å². The van der Waals surface area contributed by atoms with Crippen LogP contribution in [0.2, 0.25) is 0 Å². The van der Waals surface area contributed by atoms with E-state index in [0.29, 0.717) is 22.9 Å². The molecule has 1 fully saturated rings. The van der Waals surface area contributed by atoms with Crippen LogP contribution < -0.4 is 10.9 Å². The van der Waals surface area contributed by atoms with E-state index in [1.807, 2.05) is 30.3 Å². The molecule has 1 aliphatic carbocycles. The van der Waals surface area contributed by atoms with E-state index in [1.165, 1.54) is 10.9 Å². The van der Waals surface area contributed by atoms with Crippen molar-refractivity contribution in [1.82, 2.24) is 10.1 Å². The van der Waals surface area contributed by atoms with Gasteiger partial charge in [-0.1, -0.05) is 36.4 Å². The first-order valence-electron chi connectivity index (χ1n) is 9.16. The van der Waals surface area contributed by atoms with Crippen LogP contribution in [0.1, 0.15) is 44.3 Å². The van der Waals surface area contributed by atoms with Crippen LogP contribution in [-0.2, 0) is 4.79 Å². The molecule has 8 nitrogen and oxygen atoms in total. The first kappa shape index (κ1) is 17.2. The first-order valence-corrected chi connectivity index (χ1v) is 9.16. The van der Waals surface area contributed by atoms with Crippen molar-refractivity contribution in [1.29, 1.82) is 0 Å². The molecule has 2 amide bonds. The summed E-state index contributed by atoms with van der Waals surface area (Å²) in [5, 5.41) is 14.1. The number of aromatic carboxylic acids is 1. The van der Waals surface area contributed by atoms with Crippen LogP contribution in [-0.4, -0.2) is 33.8 Å². The second-order valence-electron chi connectivity index (χ2n) is 7.14. The van der Waals surface area contributed by atoms with E-state index in [2.05, 4.69) is 16.0 Å². The fourth-order valence-corrected chi connectivity index (χ4v) is 3.97. The van der Waals surface area contributed by atoms with Gasteiger partial charge < -0.3 is 5.11 Å². The van der Waals surface area contributed by atoms with E-state index in [0.717, 1.165) is 5.56 Å². The van der Waals surface area contributed by atoms with E-state index in [9.17, 15) is 19.5 Å². The van der Waals surface area contributed by atoms with Crippen LogP contribution in [0.25, 0.3) is 10.9 Å². The Hall–Kier alpha value is -3.94.